The van der Waals surface area contributed by atoms with Gasteiger partial charge in [-0.15, -0.1) is 10.2 Å². The molecule has 0 atom stereocenters. The van der Waals surface area contributed by atoms with Crippen LogP contribution in [0.5, 0.6) is 0 Å². The number of nitrogens with zero attached hydrogens (tertiary/aromatic N) is 4. The lowest BCUT2D eigenvalue weighted by molar-refractivity contribution is -0.138. The zero-order chi connectivity index (χ0) is 18.6. The van der Waals surface area contributed by atoms with Crippen LogP contribution in [-0.4, -0.2) is 26.8 Å². The Morgan fingerprint density at radius 1 is 1.44 bits per heavy atom. The summed E-state index contributed by atoms with van der Waals surface area (Å²) in [6, 6.07) is 2.34. The molecule has 0 aliphatic rings. The van der Waals surface area contributed by atoms with E-state index in [2.05, 4.69) is 20.5 Å². The van der Waals surface area contributed by atoms with Gasteiger partial charge in [0.1, 0.15) is 16.1 Å². The van der Waals surface area contributed by atoms with Crippen molar-refractivity contribution in [1.82, 2.24) is 15.2 Å². The van der Waals surface area contributed by atoms with Crippen LogP contribution in [0.15, 0.2) is 11.1 Å². The molecular formula is C14H12F3N5OS2. The monoisotopic (exact) mass is 387 g/mol. The molecule has 132 valence electrons. The summed E-state index contributed by atoms with van der Waals surface area (Å²) in [6.45, 7) is 3.29. The Morgan fingerprint density at radius 2 is 2.16 bits per heavy atom. The predicted molar refractivity (Wildman–Crippen MR) is 87.3 cm³/mol. The molecule has 0 spiro atoms. The number of nitrogens with one attached hydrogen (secondary N) is 1. The normalized spacial score (nSPS) is 11.2. The van der Waals surface area contributed by atoms with Crippen LogP contribution in [-0.2, 0) is 17.4 Å². The summed E-state index contributed by atoms with van der Waals surface area (Å²) in [5, 5.41) is 20.2. The van der Waals surface area contributed by atoms with Crippen molar-refractivity contribution in [3.8, 4) is 6.07 Å². The first-order valence-corrected chi connectivity index (χ1v) is 8.78. The molecule has 2 heterocycles. The molecule has 2 rings (SSSR count). The number of carbonyl (C=O) groups excluding carboxylic acids is 1. The summed E-state index contributed by atoms with van der Waals surface area (Å²) >= 11 is 1.99. The molecule has 0 radical (unpaired) electrons. The van der Waals surface area contributed by atoms with Crippen LogP contribution in [0.4, 0.5) is 18.3 Å². The highest BCUT2D eigenvalue weighted by Gasteiger charge is 2.35. The lowest BCUT2D eigenvalue weighted by atomic mass is 10.1. The molecule has 2 aromatic heterocycles. The third kappa shape index (κ3) is 4.90. The molecule has 0 saturated heterocycles. The van der Waals surface area contributed by atoms with Crippen LogP contribution in [0.3, 0.4) is 0 Å². The number of halogens is 3. The van der Waals surface area contributed by atoms with Crippen LogP contribution in [0.1, 0.15) is 28.8 Å². The fraction of sp³-hybridized carbons (Fsp3) is 0.357. The molecule has 1 amide bonds. The molecule has 0 saturated carbocycles. The number of hydrogen-bond donors (Lipinski definition) is 1. The van der Waals surface area contributed by atoms with Crippen LogP contribution in [0.2, 0.25) is 0 Å². The summed E-state index contributed by atoms with van der Waals surface area (Å²) in [6.07, 6.45) is -3.99. The zero-order valence-corrected chi connectivity index (χ0v) is 14.8. The van der Waals surface area contributed by atoms with Crippen LogP contribution in [0, 0.1) is 18.3 Å². The smallest absolute Gasteiger partial charge is 0.300 e. The molecule has 0 aromatic carbocycles. The Balaban J connectivity index is 2.13. The number of amides is 1. The van der Waals surface area contributed by atoms with Gasteiger partial charge in [0, 0.05) is 5.69 Å². The van der Waals surface area contributed by atoms with Crippen molar-refractivity contribution in [2.45, 2.75) is 31.5 Å². The van der Waals surface area contributed by atoms with Crippen molar-refractivity contribution < 1.29 is 18.0 Å². The summed E-state index contributed by atoms with van der Waals surface area (Å²) in [4.78, 5) is 15.9. The van der Waals surface area contributed by atoms with Crippen LogP contribution in [0.25, 0.3) is 0 Å². The Bertz CT molecular complexity index is 829. The van der Waals surface area contributed by atoms with Crippen molar-refractivity contribution in [3.05, 3.63) is 27.9 Å². The van der Waals surface area contributed by atoms with Gasteiger partial charge >= 0.3 is 6.18 Å². The van der Waals surface area contributed by atoms with Gasteiger partial charge in [-0.1, -0.05) is 30.0 Å². The minimum atomic E-state index is -4.67. The molecule has 2 aromatic rings. The Morgan fingerprint density at radius 3 is 2.72 bits per heavy atom. The Hall–Kier alpha value is -2.19. The van der Waals surface area contributed by atoms with Gasteiger partial charge in [0.25, 0.3) is 0 Å². The number of carbonyl (C=O) groups is 1. The lowest BCUT2D eigenvalue weighted by Crippen LogP contribution is -2.15. The fourth-order valence-electron chi connectivity index (χ4n) is 1.82. The quantitative estimate of drug-likeness (QED) is 0.791. The van der Waals surface area contributed by atoms with E-state index >= 15 is 0 Å². The van der Waals surface area contributed by atoms with Gasteiger partial charge in [-0.25, -0.2) is 4.98 Å². The van der Waals surface area contributed by atoms with E-state index in [9.17, 15) is 18.0 Å². The third-order valence-corrected chi connectivity index (χ3v) is 4.85. The van der Waals surface area contributed by atoms with Crippen LogP contribution >= 0.6 is 23.1 Å². The number of rotatable bonds is 5. The molecule has 6 nitrogen and oxygen atoms in total. The van der Waals surface area contributed by atoms with E-state index in [-0.39, 0.29) is 16.5 Å². The van der Waals surface area contributed by atoms with E-state index in [0.29, 0.717) is 11.6 Å². The second-order valence-corrected chi connectivity index (χ2v) is 6.82. The summed E-state index contributed by atoms with van der Waals surface area (Å²) < 4.78 is 39.1. The first kappa shape index (κ1) is 19.1. The lowest BCUT2D eigenvalue weighted by Gasteiger charge is -2.12. The average molecular weight is 387 g/mol. The summed E-state index contributed by atoms with van der Waals surface area (Å²) in [7, 11) is 0. The standard InChI is InChI=1S/C14H12F3N5OS2/c1-3-11-21-22-13(25-11)20-10(23)6-24-12-8(5-18)9(14(15,16)17)4-7(2)19-12/h4H,3,6H2,1-2H3,(H,20,22,23). The largest absolute Gasteiger partial charge is 0.417 e. The maximum atomic E-state index is 13.0. The number of nitriles is 1. The predicted octanol–water partition coefficient (Wildman–Crippen LogP) is 3.43. The molecule has 25 heavy (non-hydrogen) atoms. The van der Waals surface area contributed by atoms with E-state index in [4.69, 9.17) is 5.26 Å². The van der Waals surface area contributed by atoms with E-state index in [0.717, 1.165) is 22.8 Å². The first-order chi connectivity index (χ1) is 11.7. The molecule has 0 fully saturated rings. The third-order valence-electron chi connectivity index (χ3n) is 2.89. The number of aromatic nitrogens is 3. The maximum absolute atomic E-state index is 13.0. The molecule has 0 bridgehead atoms. The number of hydrogen-bond acceptors (Lipinski definition) is 7. The van der Waals surface area contributed by atoms with E-state index < -0.39 is 23.2 Å². The second kappa shape index (κ2) is 7.79. The van der Waals surface area contributed by atoms with Crippen LogP contribution < -0.4 is 5.32 Å². The SMILES string of the molecule is CCc1nnc(NC(=O)CSc2nc(C)cc(C(F)(F)F)c2C#N)s1. The fourth-order valence-corrected chi connectivity index (χ4v) is 3.36. The molecule has 0 unspecified atom stereocenters. The van der Waals surface area contributed by atoms with E-state index in [1.165, 1.54) is 24.3 Å². The molecule has 11 heteroatoms. The molecule has 0 aliphatic heterocycles. The highest BCUT2D eigenvalue weighted by molar-refractivity contribution is 8.00. The van der Waals surface area contributed by atoms with E-state index in [1.807, 2.05) is 6.92 Å². The summed E-state index contributed by atoms with van der Waals surface area (Å²) in [5.74, 6) is -0.673. The van der Waals surface area contributed by atoms with Crippen molar-refractivity contribution in [3.63, 3.8) is 0 Å². The van der Waals surface area contributed by atoms with E-state index in [1.54, 1.807) is 0 Å². The van der Waals surface area contributed by atoms with Gasteiger partial charge in [-0.05, 0) is 19.4 Å². The first-order valence-electron chi connectivity index (χ1n) is 6.98. The topological polar surface area (TPSA) is 91.6 Å². The van der Waals surface area contributed by atoms with Gasteiger partial charge in [0.05, 0.1) is 16.9 Å². The van der Waals surface area contributed by atoms with Gasteiger partial charge < -0.3 is 0 Å². The Kier molecular flexibility index (Phi) is 5.97. The number of pyridine rings is 1. The van der Waals surface area contributed by atoms with Gasteiger partial charge in [-0.2, -0.15) is 18.4 Å². The zero-order valence-electron chi connectivity index (χ0n) is 13.1. The number of thioether (sulfide) groups is 1. The second-order valence-electron chi connectivity index (χ2n) is 4.79. The molecule has 0 aliphatic carbocycles. The van der Waals surface area contributed by atoms with Gasteiger partial charge in [-0.3, -0.25) is 10.1 Å². The highest BCUT2D eigenvalue weighted by Crippen LogP contribution is 2.35. The van der Waals surface area contributed by atoms with Gasteiger partial charge in [0.15, 0.2) is 0 Å². The number of anilines is 1. The maximum Gasteiger partial charge on any atom is 0.417 e. The number of alkyl halides is 3. The van der Waals surface area contributed by atoms with Crippen molar-refractivity contribution in [2.75, 3.05) is 11.1 Å². The summed E-state index contributed by atoms with van der Waals surface area (Å²) in [5.41, 5.74) is -1.52. The van der Waals surface area contributed by atoms with Crippen molar-refractivity contribution in [2.24, 2.45) is 0 Å². The highest BCUT2D eigenvalue weighted by atomic mass is 32.2. The average Bonchev–Trinajstić information content (AvgIpc) is 2.99. The minimum Gasteiger partial charge on any atom is -0.300 e. The molecular weight excluding hydrogens is 375 g/mol. The van der Waals surface area contributed by atoms with Crippen molar-refractivity contribution >= 4 is 34.1 Å². The minimum absolute atomic E-state index is 0.117. The molecule has 1 N–H and O–H groups in total. The van der Waals surface area contributed by atoms with Crippen molar-refractivity contribution in [1.29, 1.82) is 5.26 Å². The Labute approximate surface area is 149 Å². The van der Waals surface area contributed by atoms with Gasteiger partial charge in [0.2, 0.25) is 11.0 Å². The number of aryl methyl sites for hydroxylation is 2.